The van der Waals surface area contributed by atoms with Gasteiger partial charge in [-0.2, -0.15) is 0 Å². The zero-order valence-electron chi connectivity index (χ0n) is 9.90. The molecule has 1 aliphatic heterocycles. The van der Waals surface area contributed by atoms with Crippen LogP contribution in [0.3, 0.4) is 0 Å². The maximum Gasteiger partial charge on any atom is 0.0637 e. The van der Waals surface area contributed by atoms with Crippen molar-refractivity contribution < 1.29 is 0 Å². The second-order valence-electron chi connectivity index (χ2n) is 4.35. The van der Waals surface area contributed by atoms with Crippen LogP contribution >= 0.6 is 23.4 Å². The van der Waals surface area contributed by atoms with Gasteiger partial charge >= 0.3 is 0 Å². The minimum Gasteiger partial charge on any atom is -0.377 e. The molecule has 3 rings (SSSR count). The highest BCUT2D eigenvalue weighted by atomic mass is 35.5. The average molecular weight is 276 g/mol. The summed E-state index contributed by atoms with van der Waals surface area (Å²) in [5.41, 5.74) is 2.40. The van der Waals surface area contributed by atoms with Crippen molar-refractivity contribution >= 4 is 29.1 Å². The molecule has 18 heavy (non-hydrogen) atoms. The van der Waals surface area contributed by atoms with Gasteiger partial charge in [0.2, 0.25) is 0 Å². The topological polar surface area (TPSA) is 12.0 Å². The minimum absolute atomic E-state index is 0.363. The zero-order chi connectivity index (χ0) is 12.4. The monoisotopic (exact) mass is 275 g/mol. The Balaban J connectivity index is 1.89. The first-order chi connectivity index (χ1) is 8.84. The molecule has 0 saturated heterocycles. The molecule has 0 radical (unpaired) electrons. The van der Waals surface area contributed by atoms with Gasteiger partial charge < -0.3 is 5.32 Å². The maximum atomic E-state index is 6.20. The van der Waals surface area contributed by atoms with Crippen LogP contribution in [0, 0.1) is 0 Å². The number of nitrogens with one attached hydrogen (secondary N) is 1. The van der Waals surface area contributed by atoms with Crippen molar-refractivity contribution in [2.45, 2.75) is 17.4 Å². The molecule has 1 nitrogen and oxygen atoms in total. The lowest BCUT2D eigenvalue weighted by atomic mass is 10.0. The van der Waals surface area contributed by atoms with Gasteiger partial charge in [-0.05, 0) is 30.2 Å². The molecule has 0 amide bonds. The van der Waals surface area contributed by atoms with Crippen LogP contribution in [0.2, 0.25) is 5.02 Å². The van der Waals surface area contributed by atoms with Gasteiger partial charge in [0.1, 0.15) is 0 Å². The normalized spacial score (nSPS) is 18.2. The fraction of sp³-hybridized carbons (Fsp3) is 0.200. The number of anilines is 1. The molecular weight excluding hydrogens is 262 g/mol. The van der Waals surface area contributed by atoms with E-state index in [0.717, 1.165) is 22.9 Å². The van der Waals surface area contributed by atoms with Crippen LogP contribution in [0.4, 0.5) is 5.69 Å². The first-order valence-corrected chi connectivity index (χ1v) is 7.44. The molecule has 0 aliphatic carbocycles. The Morgan fingerprint density at radius 3 is 2.72 bits per heavy atom. The fourth-order valence-electron chi connectivity index (χ4n) is 2.26. The molecule has 1 N–H and O–H groups in total. The summed E-state index contributed by atoms with van der Waals surface area (Å²) in [6.07, 6.45) is 1.13. The Bertz CT molecular complexity index is 556. The van der Waals surface area contributed by atoms with E-state index >= 15 is 0 Å². The molecule has 0 bridgehead atoms. The van der Waals surface area contributed by atoms with E-state index in [4.69, 9.17) is 11.6 Å². The Hall–Kier alpha value is -1.12. The molecule has 1 aliphatic rings. The van der Waals surface area contributed by atoms with E-state index in [1.54, 1.807) is 0 Å². The van der Waals surface area contributed by atoms with E-state index in [9.17, 15) is 0 Å². The van der Waals surface area contributed by atoms with Crippen molar-refractivity contribution in [1.29, 1.82) is 0 Å². The predicted octanol–water partition coefficient (Wildman–Crippen LogP) is 4.99. The van der Waals surface area contributed by atoms with Crippen LogP contribution in [0.25, 0.3) is 0 Å². The first kappa shape index (κ1) is 11.9. The fourth-order valence-corrected chi connectivity index (χ4v) is 3.57. The Labute approximate surface area is 117 Å². The summed E-state index contributed by atoms with van der Waals surface area (Å²) in [6, 6.07) is 16.9. The summed E-state index contributed by atoms with van der Waals surface area (Å²) < 4.78 is 0. The minimum atomic E-state index is 0.363. The van der Waals surface area contributed by atoms with Crippen molar-refractivity contribution in [2.75, 3.05) is 11.1 Å². The quantitative estimate of drug-likeness (QED) is 0.829. The number of halogens is 1. The summed E-state index contributed by atoms with van der Waals surface area (Å²) in [4.78, 5) is 1.38. The van der Waals surface area contributed by atoms with Crippen LogP contribution in [0.5, 0.6) is 0 Å². The number of rotatable bonds is 2. The molecule has 92 valence electrons. The van der Waals surface area contributed by atoms with Gasteiger partial charge in [0, 0.05) is 10.6 Å². The van der Waals surface area contributed by atoms with Crippen LogP contribution in [-0.2, 0) is 0 Å². The number of fused-ring (bicyclic) bond motifs is 1. The van der Waals surface area contributed by atoms with Gasteiger partial charge in [-0.25, -0.2) is 0 Å². The molecule has 0 aromatic heterocycles. The molecule has 3 heteroatoms. The summed E-state index contributed by atoms with van der Waals surface area (Å²) >= 11 is 8.14. The number of benzene rings is 2. The largest absolute Gasteiger partial charge is 0.377 e. The van der Waals surface area contributed by atoms with E-state index in [-0.39, 0.29) is 0 Å². The van der Waals surface area contributed by atoms with Crippen LogP contribution < -0.4 is 5.32 Å². The van der Waals surface area contributed by atoms with Crippen molar-refractivity contribution in [3.05, 3.63) is 59.1 Å². The van der Waals surface area contributed by atoms with Gasteiger partial charge in [0.25, 0.3) is 0 Å². The lowest BCUT2D eigenvalue weighted by molar-refractivity contribution is 0.729. The molecule has 0 spiro atoms. The average Bonchev–Trinajstić information content (AvgIpc) is 2.42. The number of hydrogen-bond acceptors (Lipinski definition) is 2. The summed E-state index contributed by atoms with van der Waals surface area (Å²) in [5, 5.41) is 4.35. The van der Waals surface area contributed by atoms with Crippen molar-refractivity contribution in [2.24, 2.45) is 0 Å². The molecular formula is C15H14ClNS. The summed E-state index contributed by atoms with van der Waals surface area (Å²) in [6.45, 7) is 0. The van der Waals surface area contributed by atoms with Crippen LogP contribution in [0.1, 0.15) is 18.0 Å². The van der Waals surface area contributed by atoms with Gasteiger partial charge in [0.05, 0.1) is 16.8 Å². The predicted molar refractivity (Wildman–Crippen MR) is 79.6 cm³/mol. The van der Waals surface area contributed by atoms with E-state index < -0.39 is 0 Å². The Kier molecular flexibility index (Phi) is 3.48. The summed E-state index contributed by atoms with van der Waals surface area (Å²) in [5.74, 6) is 1.15. The van der Waals surface area contributed by atoms with Gasteiger partial charge in [0.15, 0.2) is 0 Å². The first-order valence-electron chi connectivity index (χ1n) is 6.07. The molecule has 0 fully saturated rings. The number of thioether (sulfide) groups is 1. The van der Waals surface area contributed by atoms with Crippen molar-refractivity contribution in [3.8, 4) is 0 Å². The maximum absolute atomic E-state index is 6.20. The lowest BCUT2D eigenvalue weighted by Gasteiger charge is -2.27. The van der Waals surface area contributed by atoms with Crippen LogP contribution in [0.15, 0.2) is 53.4 Å². The smallest absolute Gasteiger partial charge is 0.0637 e. The third kappa shape index (κ3) is 2.36. The molecule has 1 atom stereocenters. The lowest BCUT2D eigenvalue weighted by Crippen LogP contribution is -2.16. The van der Waals surface area contributed by atoms with Crippen molar-refractivity contribution in [1.82, 2.24) is 0 Å². The van der Waals surface area contributed by atoms with E-state index in [1.807, 2.05) is 36.0 Å². The molecule has 1 heterocycles. The number of hydrogen-bond donors (Lipinski definition) is 1. The molecule has 2 aromatic carbocycles. The van der Waals surface area contributed by atoms with Crippen LogP contribution in [-0.4, -0.2) is 5.75 Å². The number of para-hydroxylation sites is 1. The third-order valence-corrected chi connectivity index (χ3v) is 4.61. The SMILES string of the molecule is Clc1ccccc1NC1CCSc2ccccc21. The zero-order valence-corrected chi connectivity index (χ0v) is 11.5. The van der Waals surface area contributed by atoms with E-state index in [2.05, 4.69) is 29.6 Å². The highest BCUT2D eigenvalue weighted by molar-refractivity contribution is 7.99. The highest BCUT2D eigenvalue weighted by Crippen LogP contribution is 2.38. The van der Waals surface area contributed by atoms with Gasteiger partial charge in [-0.1, -0.05) is 41.9 Å². The second kappa shape index (κ2) is 5.25. The Morgan fingerprint density at radius 1 is 1.06 bits per heavy atom. The molecule has 1 unspecified atom stereocenters. The molecule has 0 saturated carbocycles. The van der Waals surface area contributed by atoms with Gasteiger partial charge in [-0.3, -0.25) is 0 Å². The summed E-state index contributed by atoms with van der Waals surface area (Å²) in [7, 11) is 0. The second-order valence-corrected chi connectivity index (χ2v) is 5.90. The van der Waals surface area contributed by atoms with Gasteiger partial charge in [-0.15, -0.1) is 11.8 Å². The Morgan fingerprint density at radius 2 is 1.83 bits per heavy atom. The molecule has 2 aromatic rings. The standard InChI is InChI=1S/C15H14ClNS/c16-12-6-2-3-7-14(12)17-13-9-10-18-15-8-4-1-5-11(13)15/h1-8,13,17H,9-10H2. The van der Waals surface area contributed by atoms with Crippen molar-refractivity contribution in [3.63, 3.8) is 0 Å². The van der Waals surface area contributed by atoms with E-state index in [1.165, 1.54) is 10.5 Å². The highest BCUT2D eigenvalue weighted by Gasteiger charge is 2.20. The third-order valence-electron chi connectivity index (χ3n) is 3.16. The van der Waals surface area contributed by atoms with E-state index in [0.29, 0.717) is 6.04 Å².